The Bertz CT molecular complexity index is 832. The Morgan fingerprint density at radius 2 is 1.96 bits per heavy atom. The molecule has 0 fully saturated rings. The number of nitrogens with zero attached hydrogens (tertiary/aromatic N) is 5. The summed E-state index contributed by atoms with van der Waals surface area (Å²) in [6.45, 7) is -1.21. The van der Waals surface area contributed by atoms with E-state index in [0.29, 0.717) is 17.2 Å². The average Bonchev–Trinajstić information content (AvgIpc) is 3.15. The monoisotopic (exact) mass is 405 g/mol. The SMILES string of the molecule is FC(F)(F)Cn1nnnc1SCc1csc(Cc2ccc(Cl)cc2)n1. The standard InChI is InChI=1S/C14H11ClF3N5S2/c15-10-3-1-9(2-4-10)5-12-19-11(6-24-12)7-25-13-20-21-22-23(13)8-14(16,17)18/h1-4,6H,5,7-8H2. The summed E-state index contributed by atoms with van der Waals surface area (Å²) < 4.78 is 38.1. The summed E-state index contributed by atoms with van der Waals surface area (Å²) in [6, 6.07) is 7.51. The molecule has 0 aliphatic rings. The smallest absolute Gasteiger partial charge is 0.245 e. The highest BCUT2D eigenvalue weighted by Crippen LogP contribution is 2.25. The van der Waals surface area contributed by atoms with E-state index >= 15 is 0 Å². The third-order valence-electron chi connectivity index (χ3n) is 3.05. The summed E-state index contributed by atoms with van der Waals surface area (Å²) in [6.07, 6.45) is -3.69. The molecule has 5 nitrogen and oxygen atoms in total. The van der Waals surface area contributed by atoms with Gasteiger partial charge >= 0.3 is 6.18 Å². The maximum absolute atomic E-state index is 12.5. The van der Waals surface area contributed by atoms with E-state index in [4.69, 9.17) is 11.6 Å². The molecular weight excluding hydrogens is 395 g/mol. The minimum absolute atomic E-state index is 0.115. The maximum Gasteiger partial charge on any atom is 0.408 e. The first-order chi connectivity index (χ1) is 11.9. The van der Waals surface area contributed by atoms with Crippen molar-refractivity contribution >= 4 is 34.7 Å². The van der Waals surface area contributed by atoms with Crippen molar-refractivity contribution in [3.8, 4) is 0 Å². The van der Waals surface area contributed by atoms with Gasteiger partial charge in [0.1, 0.15) is 6.54 Å². The third kappa shape index (κ3) is 5.41. The minimum Gasteiger partial charge on any atom is -0.245 e. The Hall–Kier alpha value is -1.65. The number of rotatable bonds is 6. The molecule has 0 atom stereocenters. The van der Waals surface area contributed by atoms with E-state index in [1.165, 1.54) is 11.3 Å². The third-order valence-corrected chi connectivity index (χ3v) is 5.19. The van der Waals surface area contributed by atoms with Crippen molar-refractivity contribution in [2.24, 2.45) is 0 Å². The van der Waals surface area contributed by atoms with Gasteiger partial charge in [0.15, 0.2) is 0 Å². The van der Waals surface area contributed by atoms with Crippen molar-refractivity contribution in [3.63, 3.8) is 0 Å². The highest BCUT2D eigenvalue weighted by atomic mass is 35.5. The summed E-state index contributed by atoms with van der Waals surface area (Å²) in [7, 11) is 0. The summed E-state index contributed by atoms with van der Waals surface area (Å²) in [5, 5.41) is 13.9. The number of hydrogen-bond donors (Lipinski definition) is 0. The quantitative estimate of drug-likeness (QED) is 0.574. The molecule has 0 aliphatic carbocycles. The second-order valence-corrected chi connectivity index (χ2v) is 7.38. The van der Waals surface area contributed by atoms with E-state index in [2.05, 4.69) is 20.5 Å². The van der Waals surface area contributed by atoms with Gasteiger partial charge in [-0.25, -0.2) is 9.67 Å². The Balaban J connectivity index is 1.59. The molecule has 3 aromatic rings. The fourth-order valence-electron chi connectivity index (χ4n) is 1.98. The van der Waals surface area contributed by atoms with E-state index in [9.17, 15) is 13.2 Å². The van der Waals surface area contributed by atoms with Gasteiger partial charge in [0.2, 0.25) is 5.16 Å². The topological polar surface area (TPSA) is 56.5 Å². The Kier molecular flexibility index (Phi) is 5.60. The second-order valence-electron chi connectivity index (χ2n) is 5.06. The van der Waals surface area contributed by atoms with E-state index in [-0.39, 0.29) is 5.16 Å². The van der Waals surface area contributed by atoms with Gasteiger partial charge in [-0.1, -0.05) is 35.5 Å². The highest BCUT2D eigenvalue weighted by molar-refractivity contribution is 7.98. The predicted molar refractivity (Wildman–Crippen MR) is 89.8 cm³/mol. The molecule has 0 unspecified atom stereocenters. The van der Waals surface area contributed by atoms with Gasteiger partial charge in [0.25, 0.3) is 0 Å². The lowest BCUT2D eigenvalue weighted by molar-refractivity contribution is -0.144. The van der Waals surface area contributed by atoms with Gasteiger partial charge in [0, 0.05) is 22.6 Å². The molecule has 0 bridgehead atoms. The average molecular weight is 406 g/mol. The molecule has 0 amide bonds. The number of alkyl halides is 3. The summed E-state index contributed by atoms with van der Waals surface area (Å²) in [4.78, 5) is 4.50. The molecule has 0 spiro atoms. The van der Waals surface area contributed by atoms with Crippen molar-refractivity contribution in [2.75, 3.05) is 0 Å². The van der Waals surface area contributed by atoms with Crippen LogP contribution < -0.4 is 0 Å². The predicted octanol–water partition coefficient (Wildman–Crippen LogP) is 4.23. The fourth-order valence-corrected chi connectivity index (χ4v) is 3.81. The van der Waals surface area contributed by atoms with Crippen LogP contribution >= 0.6 is 34.7 Å². The number of benzene rings is 1. The van der Waals surface area contributed by atoms with Crippen LogP contribution in [0.15, 0.2) is 34.8 Å². The van der Waals surface area contributed by atoms with Crippen LogP contribution in [0.25, 0.3) is 0 Å². The fraction of sp³-hybridized carbons (Fsp3) is 0.286. The molecule has 0 saturated heterocycles. The van der Waals surface area contributed by atoms with Crippen LogP contribution in [-0.2, 0) is 18.7 Å². The molecule has 3 rings (SSSR count). The number of halogens is 4. The van der Waals surface area contributed by atoms with Crippen LogP contribution in [0.2, 0.25) is 5.02 Å². The van der Waals surface area contributed by atoms with Crippen LogP contribution in [0.3, 0.4) is 0 Å². The van der Waals surface area contributed by atoms with Crippen LogP contribution in [0.5, 0.6) is 0 Å². The van der Waals surface area contributed by atoms with Crippen molar-refractivity contribution in [2.45, 2.75) is 30.1 Å². The highest BCUT2D eigenvalue weighted by Gasteiger charge is 2.30. The Labute approximate surface area is 154 Å². The molecule has 0 radical (unpaired) electrons. The van der Waals surface area contributed by atoms with Crippen LogP contribution in [0.4, 0.5) is 13.2 Å². The van der Waals surface area contributed by atoms with Crippen molar-refractivity contribution in [1.82, 2.24) is 25.2 Å². The molecule has 0 N–H and O–H groups in total. The lowest BCUT2D eigenvalue weighted by atomic mass is 10.2. The first kappa shape index (κ1) is 18.2. The van der Waals surface area contributed by atoms with Gasteiger partial charge < -0.3 is 0 Å². The summed E-state index contributed by atoms with van der Waals surface area (Å²) in [5.41, 5.74) is 1.87. The molecule has 2 heterocycles. The molecule has 25 heavy (non-hydrogen) atoms. The molecule has 0 saturated carbocycles. The first-order valence-corrected chi connectivity index (χ1v) is 9.27. The molecule has 1 aromatic carbocycles. The van der Waals surface area contributed by atoms with Gasteiger partial charge in [0.05, 0.1) is 10.7 Å². The normalized spacial score (nSPS) is 11.8. The van der Waals surface area contributed by atoms with Gasteiger partial charge in [-0.2, -0.15) is 13.2 Å². The first-order valence-electron chi connectivity index (χ1n) is 7.02. The molecular formula is C14H11ClF3N5S2. The number of hydrogen-bond acceptors (Lipinski definition) is 6. The minimum atomic E-state index is -4.36. The van der Waals surface area contributed by atoms with Crippen LogP contribution in [0, 0.1) is 0 Å². The molecule has 0 aliphatic heterocycles. The molecule has 2 aromatic heterocycles. The second kappa shape index (κ2) is 7.71. The Morgan fingerprint density at radius 3 is 2.68 bits per heavy atom. The van der Waals surface area contributed by atoms with Gasteiger partial charge in [-0.15, -0.1) is 16.4 Å². The van der Waals surface area contributed by atoms with Gasteiger partial charge in [-0.3, -0.25) is 0 Å². The van der Waals surface area contributed by atoms with Crippen LogP contribution in [0.1, 0.15) is 16.3 Å². The van der Waals surface area contributed by atoms with E-state index in [1.807, 2.05) is 29.6 Å². The number of aromatic nitrogens is 5. The summed E-state index contributed by atoms with van der Waals surface area (Å²) in [5.74, 6) is 0.398. The van der Waals surface area contributed by atoms with Crippen molar-refractivity contribution < 1.29 is 13.2 Å². The number of thiazole rings is 1. The zero-order valence-electron chi connectivity index (χ0n) is 12.6. The Morgan fingerprint density at radius 1 is 1.20 bits per heavy atom. The lowest BCUT2D eigenvalue weighted by Gasteiger charge is -2.06. The summed E-state index contributed by atoms with van der Waals surface area (Å²) >= 11 is 8.48. The zero-order valence-corrected chi connectivity index (χ0v) is 15.0. The van der Waals surface area contributed by atoms with E-state index in [1.54, 1.807) is 0 Å². The maximum atomic E-state index is 12.5. The molecule has 11 heteroatoms. The molecule has 132 valence electrons. The largest absolute Gasteiger partial charge is 0.408 e. The number of thioether (sulfide) groups is 1. The van der Waals surface area contributed by atoms with E-state index in [0.717, 1.165) is 32.7 Å². The zero-order chi connectivity index (χ0) is 17.9. The number of tetrazole rings is 1. The van der Waals surface area contributed by atoms with E-state index < -0.39 is 12.7 Å². The lowest BCUT2D eigenvalue weighted by Crippen LogP contribution is -2.19. The van der Waals surface area contributed by atoms with Crippen LogP contribution in [-0.4, -0.2) is 31.4 Å². The van der Waals surface area contributed by atoms with Crippen molar-refractivity contribution in [1.29, 1.82) is 0 Å². The van der Waals surface area contributed by atoms with Gasteiger partial charge in [-0.05, 0) is 28.1 Å². The van der Waals surface area contributed by atoms with Crippen molar-refractivity contribution in [3.05, 3.63) is 50.9 Å².